The third kappa shape index (κ3) is 3.16. The molecule has 0 unspecified atom stereocenters. The number of aromatic amines is 1. The molecule has 0 spiro atoms. The molecule has 0 saturated heterocycles. The molecule has 3 heterocycles. The van der Waals surface area contributed by atoms with E-state index < -0.39 is 29.1 Å². The van der Waals surface area contributed by atoms with E-state index in [1.807, 2.05) is 0 Å². The van der Waals surface area contributed by atoms with Gasteiger partial charge >= 0.3 is 0 Å². The van der Waals surface area contributed by atoms with Crippen LogP contribution in [-0.4, -0.2) is 27.2 Å². The van der Waals surface area contributed by atoms with Crippen LogP contribution in [0.1, 0.15) is 28.9 Å². The Hall–Kier alpha value is -3.55. The molecule has 0 aliphatic carbocycles. The van der Waals surface area contributed by atoms with Gasteiger partial charge in [-0.05, 0) is 48.2 Å². The summed E-state index contributed by atoms with van der Waals surface area (Å²) in [6.45, 7) is 1.71. The van der Waals surface area contributed by atoms with Gasteiger partial charge in [0.15, 0.2) is 11.6 Å². The smallest absolute Gasteiger partial charge is 0.255 e. The van der Waals surface area contributed by atoms with Crippen LogP contribution in [0.15, 0.2) is 53.7 Å². The second-order valence-corrected chi connectivity index (χ2v) is 6.89. The maximum Gasteiger partial charge on any atom is 0.255 e. The van der Waals surface area contributed by atoms with E-state index in [1.165, 1.54) is 34.0 Å². The van der Waals surface area contributed by atoms with Crippen molar-refractivity contribution in [2.45, 2.75) is 13.0 Å². The molecule has 3 aromatic heterocycles. The van der Waals surface area contributed by atoms with Gasteiger partial charge in [-0.1, -0.05) is 0 Å². The number of benzene rings is 1. The van der Waals surface area contributed by atoms with Crippen molar-refractivity contribution >= 4 is 22.2 Å². The monoisotopic (exact) mass is 399 g/mol. The van der Waals surface area contributed by atoms with Crippen LogP contribution in [-0.2, 0) is 0 Å². The lowest BCUT2D eigenvalue weighted by Crippen LogP contribution is -2.30. The number of hydrogen-bond donors (Lipinski definition) is 1. The molecule has 5 nitrogen and oxygen atoms in total. The molecule has 0 bridgehead atoms. The molecule has 1 atom stereocenters. The van der Waals surface area contributed by atoms with Crippen LogP contribution in [0, 0.1) is 17.5 Å². The van der Waals surface area contributed by atoms with Gasteiger partial charge in [0.2, 0.25) is 0 Å². The molecule has 4 rings (SSSR count). The standard InChI is InChI=1S/C21H16F3N3O2/c1-11(17-8-25-20(28)16-7-19(24)18(23)6-15(16)17)26(2)21(29)12-5-14-4-3-13(22)10-27(14)9-12/h3-11H,1-2H3,(H,25,28)/t11-/m1/s1. The summed E-state index contributed by atoms with van der Waals surface area (Å²) in [7, 11) is 1.56. The molecule has 1 aromatic carbocycles. The van der Waals surface area contributed by atoms with E-state index in [0.29, 0.717) is 16.6 Å². The van der Waals surface area contributed by atoms with Gasteiger partial charge < -0.3 is 14.3 Å². The van der Waals surface area contributed by atoms with Crippen molar-refractivity contribution in [3.05, 3.63) is 87.9 Å². The number of pyridine rings is 2. The van der Waals surface area contributed by atoms with Gasteiger partial charge in [0.1, 0.15) is 5.82 Å². The van der Waals surface area contributed by atoms with Gasteiger partial charge in [0.05, 0.1) is 17.0 Å². The quantitative estimate of drug-likeness (QED) is 0.566. The zero-order chi connectivity index (χ0) is 20.9. The Morgan fingerprint density at radius 1 is 1.07 bits per heavy atom. The van der Waals surface area contributed by atoms with Crippen molar-refractivity contribution in [1.29, 1.82) is 0 Å². The molecule has 0 saturated carbocycles. The maximum absolute atomic E-state index is 13.8. The molecule has 0 aliphatic rings. The average molecular weight is 399 g/mol. The number of H-pyrrole nitrogens is 1. The molecule has 0 aliphatic heterocycles. The van der Waals surface area contributed by atoms with Crippen LogP contribution in [0.4, 0.5) is 13.2 Å². The third-order valence-corrected chi connectivity index (χ3v) is 5.13. The highest BCUT2D eigenvalue weighted by atomic mass is 19.2. The zero-order valence-electron chi connectivity index (χ0n) is 15.5. The number of nitrogens with one attached hydrogen (secondary N) is 1. The van der Waals surface area contributed by atoms with Gasteiger partial charge in [-0.3, -0.25) is 9.59 Å². The van der Waals surface area contributed by atoms with Gasteiger partial charge in [0, 0.05) is 31.2 Å². The van der Waals surface area contributed by atoms with Crippen LogP contribution in [0.5, 0.6) is 0 Å². The van der Waals surface area contributed by atoms with Crippen molar-refractivity contribution in [3.63, 3.8) is 0 Å². The summed E-state index contributed by atoms with van der Waals surface area (Å²) in [5, 5.41) is 0.225. The zero-order valence-corrected chi connectivity index (χ0v) is 15.5. The highest BCUT2D eigenvalue weighted by molar-refractivity contribution is 5.96. The first-order valence-electron chi connectivity index (χ1n) is 8.81. The number of hydrogen-bond acceptors (Lipinski definition) is 2. The number of aromatic nitrogens is 2. The molecule has 0 radical (unpaired) electrons. The molecule has 1 N–H and O–H groups in total. The van der Waals surface area contributed by atoms with Crippen molar-refractivity contribution in [2.24, 2.45) is 0 Å². The Bertz CT molecular complexity index is 1330. The summed E-state index contributed by atoms with van der Waals surface area (Å²) in [6.07, 6.45) is 4.17. The lowest BCUT2D eigenvalue weighted by atomic mass is 10.0. The summed E-state index contributed by atoms with van der Waals surface area (Å²) in [4.78, 5) is 28.9. The second kappa shape index (κ2) is 6.80. The largest absolute Gasteiger partial charge is 0.335 e. The Morgan fingerprint density at radius 3 is 2.48 bits per heavy atom. The Morgan fingerprint density at radius 2 is 1.76 bits per heavy atom. The summed E-state index contributed by atoms with van der Waals surface area (Å²) < 4.78 is 42.3. The summed E-state index contributed by atoms with van der Waals surface area (Å²) in [5.74, 6) is -2.97. The van der Waals surface area contributed by atoms with Crippen LogP contribution in [0.3, 0.4) is 0 Å². The molecule has 4 aromatic rings. The van der Waals surface area contributed by atoms with Gasteiger partial charge in [0.25, 0.3) is 11.5 Å². The molecule has 148 valence electrons. The SMILES string of the molecule is C[C@H](c1c[nH]c(=O)c2cc(F)c(F)cc12)N(C)C(=O)c1cc2ccc(F)cn2c1. The van der Waals surface area contributed by atoms with Crippen molar-refractivity contribution in [3.8, 4) is 0 Å². The van der Waals surface area contributed by atoms with Gasteiger partial charge in [-0.25, -0.2) is 13.2 Å². The average Bonchev–Trinajstić information content (AvgIpc) is 3.11. The Kier molecular flexibility index (Phi) is 4.41. The number of nitrogens with zero attached hydrogens (tertiary/aromatic N) is 2. The van der Waals surface area contributed by atoms with Crippen molar-refractivity contribution in [2.75, 3.05) is 7.05 Å². The van der Waals surface area contributed by atoms with Crippen molar-refractivity contribution in [1.82, 2.24) is 14.3 Å². The molecule has 8 heteroatoms. The third-order valence-electron chi connectivity index (χ3n) is 5.13. The first-order valence-corrected chi connectivity index (χ1v) is 8.81. The van der Waals surface area contributed by atoms with Crippen LogP contribution >= 0.6 is 0 Å². The Balaban J connectivity index is 1.74. The number of carbonyl (C=O) groups is 1. The first-order chi connectivity index (χ1) is 13.8. The van der Waals surface area contributed by atoms with E-state index in [2.05, 4.69) is 4.98 Å². The molecule has 0 fully saturated rings. The fraction of sp³-hybridized carbons (Fsp3) is 0.143. The van der Waals surface area contributed by atoms with E-state index >= 15 is 0 Å². The molecular formula is C21H16F3N3O2. The minimum atomic E-state index is -1.12. The summed E-state index contributed by atoms with van der Waals surface area (Å²) >= 11 is 0. The maximum atomic E-state index is 13.8. The fourth-order valence-corrected chi connectivity index (χ4v) is 3.41. The topological polar surface area (TPSA) is 57.6 Å². The number of fused-ring (bicyclic) bond motifs is 2. The van der Waals surface area contributed by atoms with Crippen LogP contribution < -0.4 is 5.56 Å². The number of halogens is 3. The van der Waals surface area contributed by atoms with Gasteiger partial charge in [-0.2, -0.15) is 0 Å². The fourth-order valence-electron chi connectivity index (χ4n) is 3.41. The summed E-state index contributed by atoms with van der Waals surface area (Å²) in [5.41, 5.74) is 0.910. The predicted octanol–water partition coefficient (Wildman–Crippen LogP) is 4.03. The highest BCUT2D eigenvalue weighted by Gasteiger charge is 2.23. The summed E-state index contributed by atoms with van der Waals surface area (Å²) in [6, 6.07) is 5.73. The number of rotatable bonds is 3. The Labute approximate surface area is 163 Å². The van der Waals surface area contributed by atoms with E-state index in [0.717, 1.165) is 12.1 Å². The van der Waals surface area contributed by atoms with E-state index in [4.69, 9.17) is 0 Å². The minimum Gasteiger partial charge on any atom is -0.335 e. The number of amides is 1. The van der Waals surface area contributed by atoms with E-state index in [-0.39, 0.29) is 16.7 Å². The second-order valence-electron chi connectivity index (χ2n) is 6.89. The highest BCUT2D eigenvalue weighted by Crippen LogP contribution is 2.28. The minimum absolute atomic E-state index is 0.000760. The van der Waals surface area contributed by atoms with Crippen LogP contribution in [0.2, 0.25) is 0 Å². The molecule has 1 amide bonds. The lowest BCUT2D eigenvalue weighted by Gasteiger charge is -2.26. The van der Waals surface area contributed by atoms with Crippen molar-refractivity contribution < 1.29 is 18.0 Å². The lowest BCUT2D eigenvalue weighted by molar-refractivity contribution is 0.0743. The number of carbonyl (C=O) groups excluding carboxylic acids is 1. The molecule has 29 heavy (non-hydrogen) atoms. The van der Waals surface area contributed by atoms with E-state index in [1.54, 1.807) is 26.1 Å². The molecular weight excluding hydrogens is 383 g/mol. The van der Waals surface area contributed by atoms with E-state index in [9.17, 15) is 22.8 Å². The predicted molar refractivity (Wildman–Crippen MR) is 102 cm³/mol. The van der Waals surface area contributed by atoms with Gasteiger partial charge in [-0.15, -0.1) is 0 Å². The normalized spacial score (nSPS) is 12.4. The first kappa shape index (κ1) is 18.8. The van der Waals surface area contributed by atoms with Crippen LogP contribution in [0.25, 0.3) is 16.3 Å².